The molecule has 0 aliphatic carbocycles. The molecule has 6 nitrogen and oxygen atoms in total. The van der Waals surface area contributed by atoms with Gasteiger partial charge in [0.1, 0.15) is 6.61 Å². The zero-order chi connectivity index (χ0) is 22.9. The van der Waals surface area contributed by atoms with Crippen LogP contribution < -0.4 is 10.1 Å². The van der Waals surface area contributed by atoms with Crippen molar-refractivity contribution < 1.29 is 13.9 Å². The normalized spacial score (nSPS) is 11.6. The number of halogens is 1. The number of rotatable bonds is 10. The van der Waals surface area contributed by atoms with Gasteiger partial charge in [0.15, 0.2) is 11.6 Å². The molecule has 166 valence electrons. The van der Waals surface area contributed by atoms with Crippen molar-refractivity contribution in [1.82, 2.24) is 15.1 Å². The highest BCUT2D eigenvalue weighted by Gasteiger charge is 2.18. The Hall–Kier alpha value is -3.66. The number of carbonyl (C=O) groups is 1. The zero-order valence-electron chi connectivity index (χ0n) is 18.3. The van der Waals surface area contributed by atoms with E-state index in [-0.39, 0.29) is 24.7 Å². The summed E-state index contributed by atoms with van der Waals surface area (Å²) in [5.74, 6) is -0.414. The first-order valence-electron chi connectivity index (χ1n) is 10.6. The van der Waals surface area contributed by atoms with E-state index >= 15 is 0 Å². The molecule has 1 unspecified atom stereocenters. The molecule has 0 aliphatic rings. The van der Waals surface area contributed by atoms with Crippen LogP contribution in [0.25, 0.3) is 0 Å². The van der Waals surface area contributed by atoms with Crippen LogP contribution in [0.4, 0.5) is 4.39 Å². The highest BCUT2D eigenvalue weighted by molar-refractivity contribution is 5.76. The fourth-order valence-electron chi connectivity index (χ4n) is 3.62. The first-order valence-corrected chi connectivity index (χ1v) is 10.6. The van der Waals surface area contributed by atoms with Crippen molar-refractivity contribution in [2.45, 2.75) is 45.7 Å². The molecule has 0 radical (unpaired) electrons. The standard InChI is InChI=1S/C25H27FN4O2/c1-18-21(19(2)30(29-18)16-8-15-27)13-14-25(31)28-23(20-9-4-3-5-10-20)17-32-24-12-7-6-11-22(24)26/h3-7,9-12,23H,8,13-14,16-17H2,1-2H3,(H,28,31). The van der Waals surface area contributed by atoms with E-state index < -0.39 is 11.9 Å². The summed E-state index contributed by atoms with van der Waals surface area (Å²) in [6.07, 6.45) is 1.23. The lowest BCUT2D eigenvalue weighted by atomic mass is 10.1. The number of nitrogens with zero attached hydrogens (tertiary/aromatic N) is 3. The number of amides is 1. The van der Waals surface area contributed by atoms with E-state index in [1.807, 2.05) is 48.9 Å². The minimum Gasteiger partial charge on any atom is -0.488 e. The van der Waals surface area contributed by atoms with Gasteiger partial charge in [-0.05, 0) is 43.5 Å². The van der Waals surface area contributed by atoms with Gasteiger partial charge >= 0.3 is 0 Å². The highest BCUT2D eigenvalue weighted by atomic mass is 19.1. The van der Waals surface area contributed by atoms with E-state index in [0.717, 1.165) is 22.5 Å². The number of para-hydroxylation sites is 1. The van der Waals surface area contributed by atoms with Crippen LogP contribution in [0.3, 0.4) is 0 Å². The summed E-state index contributed by atoms with van der Waals surface area (Å²) in [6, 6.07) is 17.4. The van der Waals surface area contributed by atoms with Crippen LogP contribution in [0.15, 0.2) is 54.6 Å². The number of hydrogen-bond acceptors (Lipinski definition) is 4. The van der Waals surface area contributed by atoms with Crippen LogP contribution in [0.5, 0.6) is 5.75 Å². The maximum absolute atomic E-state index is 13.9. The van der Waals surface area contributed by atoms with Crippen molar-refractivity contribution >= 4 is 5.91 Å². The number of aryl methyl sites for hydroxylation is 2. The summed E-state index contributed by atoms with van der Waals surface area (Å²) in [6.45, 7) is 4.53. The minimum atomic E-state index is -0.440. The molecule has 32 heavy (non-hydrogen) atoms. The minimum absolute atomic E-state index is 0.112. The van der Waals surface area contributed by atoms with Gasteiger partial charge in [-0.3, -0.25) is 9.48 Å². The molecule has 7 heteroatoms. The molecular weight excluding hydrogens is 407 g/mol. The summed E-state index contributed by atoms with van der Waals surface area (Å²) in [5.41, 5.74) is 3.76. The Kier molecular flexibility index (Phi) is 7.98. The average Bonchev–Trinajstić information content (AvgIpc) is 3.07. The number of nitrogens with one attached hydrogen (secondary N) is 1. The third-order valence-electron chi connectivity index (χ3n) is 5.35. The lowest BCUT2D eigenvalue weighted by molar-refractivity contribution is -0.122. The maximum Gasteiger partial charge on any atom is 0.220 e. The Labute approximate surface area is 187 Å². The smallest absolute Gasteiger partial charge is 0.220 e. The topological polar surface area (TPSA) is 79.9 Å². The molecule has 0 spiro atoms. The number of carbonyl (C=O) groups excluding carboxylic acids is 1. The molecule has 0 aliphatic heterocycles. The largest absolute Gasteiger partial charge is 0.488 e. The SMILES string of the molecule is Cc1nn(CCC#N)c(C)c1CCC(=O)NC(COc1ccccc1F)c1ccccc1. The summed E-state index contributed by atoms with van der Waals surface area (Å²) >= 11 is 0. The molecule has 0 saturated heterocycles. The number of ether oxygens (including phenoxy) is 1. The fraction of sp³-hybridized carbons (Fsp3) is 0.320. The van der Waals surface area contributed by atoms with Crippen LogP contribution in [-0.4, -0.2) is 22.3 Å². The van der Waals surface area contributed by atoms with Crippen molar-refractivity contribution in [2.75, 3.05) is 6.61 Å². The number of benzene rings is 2. The molecule has 3 rings (SSSR count). The van der Waals surface area contributed by atoms with Crippen LogP contribution in [0.1, 0.15) is 41.4 Å². The van der Waals surface area contributed by atoms with Gasteiger partial charge in [-0.25, -0.2) is 4.39 Å². The van der Waals surface area contributed by atoms with Crippen LogP contribution in [0, 0.1) is 31.0 Å². The molecule has 1 heterocycles. The second-order valence-corrected chi connectivity index (χ2v) is 7.55. The first-order chi connectivity index (χ1) is 15.5. The van der Waals surface area contributed by atoms with E-state index in [2.05, 4.69) is 16.5 Å². The molecule has 1 N–H and O–H groups in total. The van der Waals surface area contributed by atoms with Gasteiger partial charge in [0.2, 0.25) is 5.91 Å². The molecular formula is C25H27FN4O2. The van der Waals surface area contributed by atoms with Crippen LogP contribution in [0.2, 0.25) is 0 Å². The van der Waals surface area contributed by atoms with Gasteiger partial charge in [-0.2, -0.15) is 10.4 Å². The third-order valence-corrected chi connectivity index (χ3v) is 5.35. The Morgan fingerprint density at radius 2 is 1.91 bits per heavy atom. The van der Waals surface area contributed by atoms with Crippen molar-refractivity contribution in [3.05, 3.63) is 82.9 Å². The van der Waals surface area contributed by atoms with E-state index in [0.29, 0.717) is 19.4 Å². The third kappa shape index (κ3) is 5.94. The van der Waals surface area contributed by atoms with E-state index in [1.54, 1.807) is 18.2 Å². The molecule has 2 aromatic carbocycles. The van der Waals surface area contributed by atoms with Crippen molar-refractivity contribution in [3.63, 3.8) is 0 Å². The molecule has 1 atom stereocenters. The number of nitriles is 1. The van der Waals surface area contributed by atoms with Crippen molar-refractivity contribution in [3.8, 4) is 11.8 Å². The van der Waals surface area contributed by atoms with Gasteiger partial charge in [0, 0.05) is 12.1 Å². The molecule has 0 saturated carbocycles. The van der Waals surface area contributed by atoms with Crippen molar-refractivity contribution in [2.24, 2.45) is 0 Å². The van der Waals surface area contributed by atoms with Gasteiger partial charge in [0.05, 0.1) is 30.8 Å². The van der Waals surface area contributed by atoms with Crippen LogP contribution >= 0.6 is 0 Å². The van der Waals surface area contributed by atoms with Crippen LogP contribution in [-0.2, 0) is 17.8 Å². The number of aromatic nitrogens is 2. The average molecular weight is 435 g/mol. The highest BCUT2D eigenvalue weighted by Crippen LogP contribution is 2.20. The van der Waals surface area contributed by atoms with Gasteiger partial charge in [0.25, 0.3) is 0 Å². The van der Waals surface area contributed by atoms with Gasteiger partial charge < -0.3 is 10.1 Å². The molecule has 0 bridgehead atoms. The maximum atomic E-state index is 13.9. The second kappa shape index (κ2) is 11.1. The lowest BCUT2D eigenvalue weighted by Crippen LogP contribution is -2.32. The fourth-order valence-corrected chi connectivity index (χ4v) is 3.62. The Balaban J connectivity index is 1.65. The Morgan fingerprint density at radius 1 is 1.19 bits per heavy atom. The quantitative estimate of drug-likeness (QED) is 0.512. The predicted molar refractivity (Wildman–Crippen MR) is 119 cm³/mol. The summed E-state index contributed by atoms with van der Waals surface area (Å²) in [7, 11) is 0. The van der Waals surface area contributed by atoms with E-state index in [9.17, 15) is 9.18 Å². The van der Waals surface area contributed by atoms with E-state index in [1.165, 1.54) is 6.07 Å². The van der Waals surface area contributed by atoms with E-state index in [4.69, 9.17) is 10.00 Å². The summed E-state index contributed by atoms with van der Waals surface area (Å²) in [5, 5.41) is 16.3. The Bertz CT molecular complexity index is 1090. The van der Waals surface area contributed by atoms with Crippen molar-refractivity contribution in [1.29, 1.82) is 5.26 Å². The molecule has 0 fully saturated rings. The summed E-state index contributed by atoms with van der Waals surface area (Å²) < 4.78 is 21.4. The monoisotopic (exact) mass is 434 g/mol. The molecule has 1 aromatic heterocycles. The molecule has 1 amide bonds. The van der Waals surface area contributed by atoms with Gasteiger partial charge in [-0.15, -0.1) is 0 Å². The first kappa shape index (κ1) is 23.0. The zero-order valence-corrected chi connectivity index (χ0v) is 18.3. The lowest BCUT2D eigenvalue weighted by Gasteiger charge is -2.20. The second-order valence-electron chi connectivity index (χ2n) is 7.55. The van der Waals surface area contributed by atoms with Gasteiger partial charge in [-0.1, -0.05) is 42.5 Å². The summed E-state index contributed by atoms with van der Waals surface area (Å²) in [4.78, 5) is 12.8. The number of hydrogen-bond donors (Lipinski definition) is 1. The Morgan fingerprint density at radius 3 is 2.62 bits per heavy atom. The molecule has 3 aromatic rings. The predicted octanol–water partition coefficient (Wildman–Crippen LogP) is 4.42.